The average molecular weight is 398 g/mol. The largest absolute Gasteiger partial charge is 0.389 e. The third-order valence-corrected chi connectivity index (χ3v) is 6.94. The zero-order valence-corrected chi connectivity index (χ0v) is 16.0. The van der Waals surface area contributed by atoms with E-state index in [1.165, 1.54) is 10.5 Å². The summed E-state index contributed by atoms with van der Waals surface area (Å²) in [5.74, 6) is 0. The molecule has 9 heteroatoms. The second-order valence-electron chi connectivity index (χ2n) is 6.14. The Morgan fingerprint density at radius 1 is 1.23 bits per heavy atom. The van der Waals surface area contributed by atoms with E-state index in [4.69, 9.17) is 4.74 Å². The molecule has 1 fully saturated rings. The first-order valence-electron chi connectivity index (χ1n) is 8.46. The number of aromatic nitrogens is 1. The lowest BCUT2D eigenvalue weighted by Crippen LogP contribution is -2.50. The van der Waals surface area contributed by atoms with Gasteiger partial charge in [-0.1, -0.05) is 6.07 Å². The van der Waals surface area contributed by atoms with E-state index in [1.54, 1.807) is 29.7 Å². The van der Waals surface area contributed by atoms with Gasteiger partial charge in [0.25, 0.3) is 0 Å². The lowest BCUT2D eigenvalue weighted by Gasteiger charge is -2.34. The highest BCUT2D eigenvalue weighted by atomic mass is 32.2. The van der Waals surface area contributed by atoms with Crippen LogP contribution in [0.2, 0.25) is 0 Å². The summed E-state index contributed by atoms with van der Waals surface area (Å²) in [6.07, 6.45) is 2.34. The van der Waals surface area contributed by atoms with Gasteiger partial charge in [-0.15, -0.1) is 11.3 Å². The Morgan fingerprint density at radius 3 is 2.69 bits per heavy atom. The van der Waals surface area contributed by atoms with Gasteiger partial charge in [0.05, 0.1) is 19.3 Å². The molecule has 1 aliphatic rings. The van der Waals surface area contributed by atoms with E-state index in [9.17, 15) is 13.5 Å². The molecule has 0 spiro atoms. The summed E-state index contributed by atoms with van der Waals surface area (Å²) in [4.78, 5) is 7.30. The number of sulfonamides is 1. The molecule has 142 valence electrons. The number of piperazine rings is 1. The quantitative estimate of drug-likeness (QED) is 0.716. The Labute approximate surface area is 157 Å². The van der Waals surface area contributed by atoms with Gasteiger partial charge in [0.15, 0.2) is 0 Å². The second kappa shape index (κ2) is 9.03. The van der Waals surface area contributed by atoms with Crippen molar-refractivity contribution in [3.63, 3.8) is 0 Å². The molecule has 0 aliphatic carbocycles. The highest BCUT2D eigenvalue weighted by molar-refractivity contribution is 7.89. The highest BCUT2D eigenvalue weighted by Crippen LogP contribution is 2.16. The van der Waals surface area contributed by atoms with Crippen molar-refractivity contribution in [1.82, 2.24) is 14.2 Å². The van der Waals surface area contributed by atoms with Crippen molar-refractivity contribution in [1.29, 1.82) is 0 Å². The number of aliphatic hydroxyl groups is 1. The van der Waals surface area contributed by atoms with E-state index in [0.717, 1.165) is 4.88 Å². The van der Waals surface area contributed by atoms with Crippen LogP contribution in [0, 0.1) is 0 Å². The van der Waals surface area contributed by atoms with Crippen LogP contribution in [0.25, 0.3) is 0 Å². The molecular weight excluding hydrogens is 374 g/mol. The van der Waals surface area contributed by atoms with Crippen LogP contribution in [0.4, 0.5) is 0 Å². The number of nitrogens with zero attached hydrogens (tertiary/aromatic N) is 3. The molecule has 2 aromatic rings. The Bertz CT molecular complexity index is 761. The number of β-amino-alcohol motifs (C(OH)–C–C–N with tert-alkyl or cyclic N) is 1. The lowest BCUT2D eigenvalue weighted by molar-refractivity contribution is 0.00611. The minimum Gasteiger partial charge on any atom is -0.389 e. The Morgan fingerprint density at radius 2 is 2.04 bits per heavy atom. The molecule has 1 unspecified atom stereocenters. The molecule has 1 saturated heterocycles. The van der Waals surface area contributed by atoms with E-state index >= 15 is 0 Å². The van der Waals surface area contributed by atoms with Crippen LogP contribution < -0.4 is 0 Å². The minimum atomic E-state index is -3.50. The van der Waals surface area contributed by atoms with Gasteiger partial charge in [-0.2, -0.15) is 4.31 Å². The molecule has 0 bridgehead atoms. The van der Waals surface area contributed by atoms with Crippen LogP contribution in [0.5, 0.6) is 0 Å². The van der Waals surface area contributed by atoms with Crippen LogP contribution >= 0.6 is 11.3 Å². The van der Waals surface area contributed by atoms with Gasteiger partial charge in [-0.25, -0.2) is 8.42 Å². The summed E-state index contributed by atoms with van der Waals surface area (Å²) in [5, 5.41) is 12.1. The zero-order chi connectivity index (χ0) is 18.4. The van der Waals surface area contributed by atoms with Crippen LogP contribution in [0.15, 0.2) is 46.9 Å². The molecule has 26 heavy (non-hydrogen) atoms. The summed E-state index contributed by atoms with van der Waals surface area (Å²) in [7, 11) is -3.50. The highest BCUT2D eigenvalue weighted by Gasteiger charge is 2.29. The van der Waals surface area contributed by atoms with E-state index in [1.807, 2.05) is 17.5 Å². The molecule has 3 rings (SSSR count). The predicted molar refractivity (Wildman–Crippen MR) is 99.4 cm³/mol. The number of aliphatic hydroxyl groups excluding tert-OH is 1. The van der Waals surface area contributed by atoms with Gasteiger partial charge in [-0.3, -0.25) is 9.88 Å². The normalized spacial score (nSPS) is 18.0. The molecule has 0 amide bonds. The maximum atomic E-state index is 12.6. The number of rotatable bonds is 8. The number of ether oxygens (including phenoxy) is 1. The molecule has 2 aromatic heterocycles. The molecule has 3 heterocycles. The van der Waals surface area contributed by atoms with Crippen LogP contribution in [-0.4, -0.2) is 73.1 Å². The first kappa shape index (κ1) is 19.4. The van der Waals surface area contributed by atoms with E-state index in [-0.39, 0.29) is 11.5 Å². The monoisotopic (exact) mass is 397 g/mol. The summed E-state index contributed by atoms with van der Waals surface area (Å²) in [6, 6.07) is 7.15. The number of hydrogen-bond acceptors (Lipinski definition) is 7. The summed E-state index contributed by atoms with van der Waals surface area (Å²) in [5.41, 5.74) is 0. The van der Waals surface area contributed by atoms with E-state index in [0.29, 0.717) is 39.3 Å². The fourth-order valence-electron chi connectivity index (χ4n) is 2.84. The van der Waals surface area contributed by atoms with Crippen molar-refractivity contribution in [3.8, 4) is 0 Å². The Hall–Kier alpha value is -1.36. The molecule has 0 radical (unpaired) electrons. The third kappa shape index (κ3) is 5.09. The maximum absolute atomic E-state index is 12.6. The van der Waals surface area contributed by atoms with Crippen LogP contribution in [0.1, 0.15) is 4.88 Å². The Balaban J connectivity index is 1.42. The maximum Gasteiger partial charge on any atom is 0.244 e. The molecule has 7 nitrogen and oxygen atoms in total. The number of thiophene rings is 1. The van der Waals surface area contributed by atoms with Crippen LogP contribution in [-0.2, 0) is 21.4 Å². The van der Waals surface area contributed by atoms with Gasteiger partial charge in [0, 0.05) is 50.0 Å². The van der Waals surface area contributed by atoms with Gasteiger partial charge in [0.1, 0.15) is 4.90 Å². The SMILES string of the molecule is O=S(=O)(c1cccnc1)N1CCN(CC(O)COCc2cccs2)CC1. The summed E-state index contributed by atoms with van der Waals surface area (Å²) >= 11 is 1.63. The van der Waals surface area contributed by atoms with Gasteiger partial charge in [-0.05, 0) is 23.6 Å². The van der Waals surface area contributed by atoms with Gasteiger partial charge >= 0.3 is 0 Å². The molecular formula is C17H23N3O4S2. The Kier molecular flexibility index (Phi) is 6.74. The first-order chi connectivity index (χ1) is 12.6. The average Bonchev–Trinajstić information content (AvgIpc) is 3.16. The minimum absolute atomic E-state index is 0.218. The van der Waals surface area contributed by atoms with E-state index in [2.05, 4.69) is 9.88 Å². The van der Waals surface area contributed by atoms with Crippen molar-refractivity contribution < 1.29 is 18.3 Å². The van der Waals surface area contributed by atoms with Gasteiger partial charge < -0.3 is 9.84 Å². The van der Waals surface area contributed by atoms with Crippen LogP contribution in [0.3, 0.4) is 0 Å². The fraction of sp³-hybridized carbons (Fsp3) is 0.471. The zero-order valence-electron chi connectivity index (χ0n) is 14.4. The van der Waals surface area contributed by atoms with Gasteiger partial charge in [0.2, 0.25) is 10.0 Å². The van der Waals surface area contributed by atoms with Crippen molar-refractivity contribution in [2.24, 2.45) is 0 Å². The van der Waals surface area contributed by atoms with E-state index < -0.39 is 16.1 Å². The molecule has 1 atom stereocenters. The molecule has 1 aliphatic heterocycles. The van der Waals surface area contributed by atoms with Crippen molar-refractivity contribution in [3.05, 3.63) is 46.9 Å². The van der Waals surface area contributed by atoms with Crippen molar-refractivity contribution in [2.45, 2.75) is 17.6 Å². The number of pyridine rings is 1. The molecule has 1 N–H and O–H groups in total. The fourth-order valence-corrected chi connectivity index (χ4v) is 4.87. The third-order valence-electron chi connectivity index (χ3n) is 4.21. The topological polar surface area (TPSA) is 83.0 Å². The molecule has 0 saturated carbocycles. The van der Waals surface area contributed by atoms with Crippen molar-refractivity contribution in [2.75, 3.05) is 39.3 Å². The standard InChI is InChI=1S/C17H23N3O4S2/c21-15(13-24-14-16-3-2-10-25-16)12-19-6-8-20(9-7-19)26(22,23)17-4-1-5-18-11-17/h1-5,10-11,15,21H,6-9,12-14H2. The summed E-state index contributed by atoms with van der Waals surface area (Å²) in [6.45, 7) is 3.23. The lowest BCUT2D eigenvalue weighted by atomic mass is 10.3. The first-order valence-corrected chi connectivity index (χ1v) is 10.8. The summed E-state index contributed by atoms with van der Waals surface area (Å²) < 4.78 is 32.1. The molecule has 0 aromatic carbocycles. The van der Waals surface area contributed by atoms with Crippen molar-refractivity contribution >= 4 is 21.4 Å². The number of hydrogen-bond donors (Lipinski definition) is 1. The second-order valence-corrected chi connectivity index (χ2v) is 9.11. The predicted octanol–water partition coefficient (Wildman–Crippen LogP) is 1.03. The smallest absolute Gasteiger partial charge is 0.244 e.